The first-order valence-electron chi connectivity index (χ1n) is 8.53. The maximum Gasteiger partial charge on any atom is 0.257 e. The van der Waals surface area contributed by atoms with Crippen LogP contribution in [0.3, 0.4) is 0 Å². The molecule has 26 heavy (non-hydrogen) atoms. The lowest BCUT2D eigenvalue weighted by molar-refractivity contribution is 0.102. The Labute approximate surface area is 157 Å². The van der Waals surface area contributed by atoms with E-state index < -0.39 is 10.0 Å². The molecule has 1 amide bonds. The van der Waals surface area contributed by atoms with Gasteiger partial charge in [0.05, 0.1) is 4.90 Å². The van der Waals surface area contributed by atoms with Crippen LogP contribution in [0.5, 0.6) is 0 Å². The van der Waals surface area contributed by atoms with Gasteiger partial charge in [0.25, 0.3) is 5.91 Å². The van der Waals surface area contributed by atoms with E-state index in [1.807, 2.05) is 6.92 Å². The number of sulfonamides is 1. The molecule has 0 radical (unpaired) electrons. The Hall–Kier alpha value is -1.84. The van der Waals surface area contributed by atoms with Gasteiger partial charge < -0.3 is 0 Å². The Morgan fingerprint density at radius 1 is 1.27 bits per heavy atom. The summed E-state index contributed by atoms with van der Waals surface area (Å²) in [5, 5.41) is 11.6. The van der Waals surface area contributed by atoms with Gasteiger partial charge in [-0.1, -0.05) is 23.8 Å². The molecule has 1 aromatic heterocycles. The van der Waals surface area contributed by atoms with E-state index in [9.17, 15) is 13.2 Å². The third-order valence-corrected chi connectivity index (χ3v) is 7.31. The van der Waals surface area contributed by atoms with Crippen LogP contribution in [0.2, 0.25) is 0 Å². The number of carbonyl (C=O) groups is 1. The summed E-state index contributed by atoms with van der Waals surface area (Å²) in [6.07, 6.45) is 2.75. The standard InChI is InChI=1S/C17H22N4O3S2/c1-11-7-8-14(26(23,24)21-9-5-4-6-12(21)2)10-15(11)16(22)18-17-20-19-13(3)25-17/h7-8,10,12H,4-6,9H2,1-3H3,(H,18,20,22). The van der Waals surface area contributed by atoms with E-state index in [1.54, 1.807) is 26.0 Å². The van der Waals surface area contributed by atoms with Crippen LogP contribution in [-0.4, -0.2) is 41.4 Å². The van der Waals surface area contributed by atoms with Gasteiger partial charge in [-0.15, -0.1) is 10.2 Å². The van der Waals surface area contributed by atoms with Crippen LogP contribution in [0.1, 0.15) is 47.1 Å². The van der Waals surface area contributed by atoms with Crippen molar-refractivity contribution in [1.29, 1.82) is 0 Å². The van der Waals surface area contributed by atoms with Crippen molar-refractivity contribution >= 4 is 32.4 Å². The fourth-order valence-corrected chi connectivity index (χ4v) is 5.40. The first-order valence-corrected chi connectivity index (χ1v) is 10.8. The van der Waals surface area contributed by atoms with Gasteiger partial charge >= 0.3 is 0 Å². The average molecular weight is 395 g/mol. The van der Waals surface area contributed by atoms with Gasteiger partial charge in [0, 0.05) is 18.2 Å². The minimum atomic E-state index is -3.62. The van der Waals surface area contributed by atoms with Crippen LogP contribution >= 0.6 is 11.3 Å². The number of hydrogen-bond acceptors (Lipinski definition) is 6. The van der Waals surface area contributed by atoms with E-state index in [1.165, 1.54) is 21.7 Å². The molecule has 3 rings (SSSR count). The number of amides is 1. The van der Waals surface area contributed by atoms with E-state index >= 15 is 0 Å². The largest absolute Gasteiger partial charge is 0.296 e. The highest BCUT2D eigenvalue weighted by Crippen LogP contribution is 2.27. The summed E-state index contributed by atoms with van der Waals surface area (Å²) < 4.78 is 27.6. The van der Waals surface area contributed by atoms with Gasteiger partial charge in [0.2, 0.25) is 15.2 Å². The van der Waals surface area contributed by atoms with Crippen molar-refractivity contribution in [2.24, 2.45) is 0 Å². The van der Waals surface area contributed by atoms with Gasteiger partial charge in [-0.2, -0.15) is 4.31 Å². The number of rotatable bonds is 4. The van der Waals surface area contributed by atoms with Crippen LogP contribution in [0.25, 0.3) is 0 Å². The third kappa shape index (κ3) is 3.79. The summed E-state index contributed by atoms with van der Waals surface area (Å²) in [5.41, 5.74) is 1.03. The molecule has 0 aliphatic carbocycles. The highest BCUT2D eigenvalue weighted by atomic mass is 32.2. The number of aromatic nitrogens is 2. The molecule has 7 nitrogen and oxygen atoms in total. The molecule has 1 aliphatic rings. The van der Waals surface area contributed by atoms with E-state index in [2.05, 4.69) is 15.5 Å². The SMILES string of the molecule is Cc1nnc(NC(=O)c2cc(S(=O)(=O)N3CCCCC3C)ccc2C)s1. The molecule has 1 aliphatic heterocycles. The maximum atomic E-state index is 13.0. The highest BCUT2D eigenvalue weighted by molar-refractivity contribution is 7.89. The molecule has 1 saturated heterocycles. The van der Waals surface area contributed by atoms with E-state index in [0.29, 0.717) is 22.8 Å². The first kappa shape index (κ1) is 18.9. The van der Waals surface area contributed by atoms with Crippen molar-refractivity contribution in [3.63, 3.8) is 0 Å². The molecule has 0 saturated carbocycles. The topological polar surface area (TPSA) is 92.3 Å². The Morgan fingerprint density at radius 2 is 2.04 bits per heavy atom. The smallest absolute Gasteiger partial charge is 0.257 e. The number of anilines is 1. The molecule has 0 spiro atoms. The molecule has 9 heteroatoms. The summed E-state index contributed by atoms with van der Waals surface area (Å²) >= 11 is 1.27. The zero-order valence-corrected chi connectivity index (χ0v) is 16.7. The molecule has 0 bridgehead atoms. The number of nitrogens with one attached hydrogen (secondary N) is 1. The van der Waals surface area contributed by atoms with Crippen LogP contribution in [0, 0.1) is 13.8 Å². The van der Waals surface area contributed by atoms with Gasteiger partial charge in [0.15, 0.2) is 0 Å². The Balaban J connectivity index is 1.90. The third-order valence-electron chi connectivity index (χ3n) is 4.55. The van der Waals surface area contributed by atoms with Crippen LogP contribution in [-0.2, 0) is 10.0 Å². The molecule has 1 N–H and O–H groups in total. The Kier molecular flexibility index (Phi) is 5.40. The van der Waals surface area contributed by atoms with Crippen LogP contribution in [0.4, 0.5) is 5.13 Å². The number of aryl methyl sites for hydroxylation is 2. The molecular formula is C17H22N4O3S2. The predicted molar refractivity (Wildman–Crippen MR) is 101 cm³/mol. The van der Waals surface area contributed by atoms with Crippen LogP contribution in [0.15, 0.2) is 23.1 Å². The van der Waals surface area contributed by atoms with Crippen molar-refractivity contribution < 1.29 is 13.2 Å². The second-order valence-electron chi connectivity index (χ2n) is 6.52. The first-order chi connectivity index (χ1) is 12.3. The van der Waals surface area contributed by atoms with Gasteiger partial charge in [-0.3, -0.25) is 10.1 Å². The number of benzene rings is 1. The van der Waals surface area contributed by atoms with E-state index in [-0.39, 0.29) is 16.8 Å². The van der Waals surface area contributed by atoms with Crippen LogP contribution < -0.4 is 5.32 Å². The minimum absolute atomic E-state index is 0.0308. The minimum Gasteiger partial charge on any atom is -0.296 e. The molecule has 2 heterocycles. The summed E-state index contributed by atoms with van der Waals surface area (Å²) in [5.74, 6) is -0.387. The van der Waals surface area contributed by atoms with Crippen molar-refractivity contribution in [2.45, 2.75) is 51.0 Å². The molecule has 1 fully saturated rings. The van der Waals surface area contributed by atoms with E-state index in [0.717, 1.165) is 24.3 Å². The van der Waals surface area contributed by atoms with Crippen molar-refractivity contribution in [1.82, 2.24) is 14.5 Å². The fourth-order valence-electron chi connectivity index (χ4n) is 3.08. The molecule has 1 aromatic carbocycles. The van der Waals surface area contributed by atoms with Gasteiger partial charge in [-0.25, -0.2) is 8.42 Å². The summed E-state index contributed by atoms with van der Waals surface area (Å²) in [4.78, 5) is 12.7. The van der Waals surface area contributed by atoms with E-state index in [4.69, 9.17) is 0 Å². The molecular weight excluding hydrogens is 372 g/mol. The number of piperidine rings is 1. The number of nitrogens with zero attached hydrogens (tertiary/aromatic N) is 3. The Morgan fingerprint density at radius 3 is 2.69 bits per heavy atom. The highest BCUT2D eigenvalue weighted by Gasteiger charge is 2.31. The molecule has 140 valence electrons. The van der Waals surface area contributed by atoms with Crippen molar-refractivity contribution in [3.8, 4) is 0 Å². The normalized spacial score (nSPS) is 18.7. The maximum absolute atomic E-state index is 13.0. The fraction of sp³-hybridized carbons (Fsp3) is 0.471. The second kappa shape index (κ2) is 7.42. The van der Waals surface area contributed by atoms with Crippen molar-refractivity contribution in [3.05, 3.63) is 34.3 Å². The quantitative estimate of drug-likeness (QED) is 0.861. The summed E-state index contributed by atoms with van der Waals surface area (Å²) in [7, 11) is -3.62. The van der Waals surface area contributed by atoms with Crippen molar-refractivity contribution in [2.75, 3.05) is 11.9 Å². The predicted octanol–water partition coefficient (Wildman–Crippen LogP) is 2.97. The molecule has 2 aromatic rings. The molecule has 1 unspecified atom stereocenters. The van der Waals surface area contributed by atoms with Gasteiger partial charge in [-0.05, 0) is 51.3 Å². The average Bonchev–Trinajstić information content (AvgIpc) is 3.00. The lowest BCUT2D eigenvalue weighted by Crippen LogP contribution is -2.42. The number of carbonyl (C=O) groups excluding carboxylic acids is 1. The summed E-state index contributed by atoms with van der Waals surface area (Å²) in [6.45, 7) is 6.02. The zero-order chi connectivity index (χ0) is 18.9. The van der Waals surface area contributed by atoms with Gasteiger partial charge in [0.1, 0.15) is 5.01 Å². The number of hydrogen-bond donors (Lipinski definition) is 1. The molecule has 1 atom stereocenters. The zero-order valence-electron chi connectivity index (χ0n) is 15.0. The monoisotopic (exact) mass is 394 g/mol. The second-order valence-corrected chi connectivity index (χ2v) is 9.59. The lowest BCUT2D eigenvalue weighted by atomic mass is 10.1. The Bertz CT molecular complexity index is 924. The summed E-state index contributed by atoms with van der Waals surface area (Å²) in [6, 6.07) is 4.66. The lowest BCUT2D eigenvalue weighted by Gasteiger charge is -2.32.